The lowest BCUT2D eigenvalue weighted by Gasteiger charge is -2.23. The summed E-state index contributed by atoms with van der Waals surface area (Å²) >= 11 is 0. The van der Waals surface area contributed by atoms with Crippen LogP contribution in [0, 0.1) is 0 Å². The summed E-state index contributed by atoms with van der Waals surface area (Å²) in [5.41, 5.74) is 4.53. The molecule has 0 radical (unpaired) electrons. The average Bonchev–Trinajstić information content (AvgIpc) is 3.17. The van der Waals surface area contributed by atoms with Crippen molar-refractivity contribution in [2.24, 2.45) is 0 Å². The van der Waals surface area contributed by atoms with Crippen molar-refractivity contribution in [3.05, 3.63) is 59.7 Å². The van der Waals surface area contributed by atoms with Crippen LogP contribution in [0.1, 0.15) is 75.8 Å². The predicted octanol–water partition coefficient (Wildman–Crippen LogP) is 5.23. The van der Waals surface area contributed by atoms with Crippen molar-refractivity contribution < 1.29 is 24.2 Å². The molecule has 1 aliphatic carbocycles. The number of aliphatic carboxylic acids is 1. The maximum absolute atomic E-state index is 13.0. The van der Waals surface area contributed by atoms with Crippen molar-refractivity contribution in [2.75, 3.05) is 6.61 Å². The summed E-state index contributed by atoms with van der Waals surface area (Å²) in [6, 6.07) is 15.0. The number of ether oxygens (including phenoxy) is 1. The summed E-state index contributed by atoms with van der Waals surface area (Å²) in [5.74, 6) is -1.39. The smallest absolute Gasteiger partial charge is 0.407 e. The number of carboxylic acid groups (broad SMARTS) is 1. The van der Waals surface area contributed by atoms with Gasteiger partial charge in [0.25, 0.3) is 0 Å². The molecule has 0 heterocycles. The third-order valence-corrected chi connectivity index (χ3v) is 6.47. The van der Waals surface area contributed by atoms with Gasteiger partial charge in [-0.05, 0) is 35.1 Å². The standard InChI is InChI=1S/C28H36N2O5/c1-3-5-11-19(17-26(31)32)29-27(33)25(16-6-4-2)30-28(34)35-18-24-22-14-9-7-12-20(22)21-13-8-10-15-23(21)24/h7-10,12-15,19,24-25H,3-6,11,16-18H2,1-2H3,(H,29,33)(H,30,34)(H,31,32)/t19-,25?/m1/s1. The van der Waals surface area contributed by atoms with Crippen molar-refractivity contribution >= 4 is 18.0 Å². The van der Waals surface area contributed by atoms with E-state index in [2.05, 4.69) is 34.9 Å². The number of fused-ring (bicyclic) bond motifs is 3. The number of amides is 2. The molecule has 2 aromatic rings. The zero-order valence-corrected chi connectivity index (χ0v) is 20.6. The quantitative estimate of drug-likeness (QED) is 0.364. The minimum Gasteiger partial charge on any atom is -0.481 e. The Bertz CT molecular complexity index is 976. The Hall–Kier alpha value is -3.35. The predicted molar refractivity (Wildman–Crippen MR) is 135 cm³/mol. The molecule has 35 heavy (non-hydrogen) atoms. The van der Waals surface area contributed by atoms with E-state index in [0.717, 1.165) is 47.9 Å². The largest absolute Gasteiger partial charge is 0.481 e. The molecule has 3 rings (SSSR count). The molecule has 1 unspecified atom stereocenters. The molecule has 0 saturated heterocycles. The number of carbonyl (C=O) groups is 3. The second kappa shape index (κ2) is 12.9. The van der Waals surface area contributed by atoms with Gasteiger partial charge in [-0.1, -0.05) is 88.1 Å². The summed E-state index contributed by atoms with van der Waals surface area (Å²) in [6.07, 6.45) is 3.59. The first kappa shape index (κ1) is 26.3. The molecule has 0 spiro atoms. The first-order chi connectivity index (χ1) is 16.9. The summed E-state index contributed by atoms with van der Waals surface area (Å²) in [4.78, 5) is 36.9. The van der Waals surface area contributed by atoms with Crippen LogP contribution in [0.3, 0.4) is 0 Å². The van der Waals surface area contributed by atoms with Crippen LogP contribution in [0.15, 0.2) is 48.5 Å². The molecule has 0 aromatic heterocycles. The van der Waals surface area contributed by atoms with E-state index in [1.807, 2.05) is 38.1 Å². The van der Waals surface area contributed by atoms with Gasteiger partial charge < -0.3 is 20.5 Å². The molecule has 7 heteroatoms. The van der Waals surface area contributed by atoms with E-state index in [-0.39, 0.29) is 24.9 Å². The number of nitrogens with one attached hydrogen (secondary N) is 2. The Kier molecular flexibility index (Phi) is 9.70. The third kappa shape index (κ3) is 7.07. The number of alkyl carbamates (subject to hydrolysis) is 1. The molecule has 0 aliphatic heterocycles. The van der Waals surface area contributed by atoms with Crippen molar-refractivity contribution in [2.45, 2.75) is 76.8 Å². The highest BCUT2D eigenvalue weighted by molar-refractivity contribution is 5.86. The van der Waals surface area contributed by atoms with Crippen LogP contribution in [0.25, 0.3) is 11.1 Å². The lowest BCUT2D eigenvalue weighted by atomic mass is 9.98. The topological polar surface area (TPSA) is 105 Å². The fourth-order valence-electron chi connectivity index (χ4n) is 4.65. The number of carboxylic acids is 1. The number of hydrogen-bond donors (Lipinski definition) is 3. The van der Waals surface area contributed by atoms with Crippen molar-refractivity contribution in [3.8, 4) is 11.1 Å². The summed E-state index contributed by atoms with van der Waals surface area (Å²) in [5, 5.41) is 14.7. The van der Waals surface area contributed by atoms with Gasteiger partial charge in [-0.15, -0.1) is 0 Å². The van der Waals surface area contributed by atoms with Gasteiger partial charge in [-0.25, -0.2) is 4.79 Å². The number of rotatable bonds is 13. The lowest BCUT2D eigenvalue weighted by molar-refractivity contribution is -0.137. The zero-order valence-electron chi connectivity index (χ0n) is 20.6. The number of unbranched alkanes of at least 4 members (excludes halogenated alkanes) is 2. The minimum absolute atomic E-state index is 0.0648. The van der Waals surface area contributed by atoms with Crippen LogP contribution >= 0.6 is 0 Å². The van der Waals surface area contributed by atoms with Gasteiger partial charge in [-0.3, -0.25) is 9.59 Å². The molecule has 1 aliphatic rings. The molecule has 2 amide bonds. The zero-order chi connectivity index (χ0) is 25.2. The maximum Gasteiger partial charge on any atom is 0.407 e. The Morgan fingerprint density at radius 1 is 0.886 bits per heavy atom. The van der Waals surface area contributed by atoms with E-state index < -0.39 is 24.1 Å². The molecule has 2 atom stereocenters. The van der Waals surface area contributed by atoms with E-state index in [0.29, 0.717) is 12.8 Å². The molecule has 188 valence electrons. The van der Waals surface area contributed by atoms with Gasteiger partial charge in [0, 0.05) is 12.0 Å². The summed E-state index contributed by atoms with van der Waals surface area (Å²) in [7, 11) is 0. The molecule has 0 saturated carbocycles. The second-order valence-electron chi connectivity index (χ2n) is 9.11. The SMILES string of the molecule is CCCCC(NC(=O)OCC1c2ccccc2-c2ccccc21)C(=O)N[C@H](CCCC)CC(=O)O. The van der Waals surface area contributed by atoms with Crippen molar-refractivity contribution in [1.29, 1.82) is 0 Å². The van der Waals surface area contributed by atoms with Gasteiger partial charge >= 0.3 is 12.1 Å². The van der Waals surface area contributed by atoms with Gasteiger partial charge in [0.1, 0.15) is 12.6 Å². The van der Waals surface area contributed by atoms with Crippen molar-refractivity contribution in [1.82, 2.24) is 10.6 Å². The van der Waals surface area contributed by atoms with E-state index >= 15 is 0 Å². The van der Waals surface area contributed by atoms with E-state index in [1.165, 1.54) is 0 Å². The maximum atomic E-state index is 13.0. The van der Waals surface area contributed by atoms with E-state index in [1.54, 1.807) is 0 Å². The number of benzene rings is 2. The highest BCUT2D eigenvalue weighted by Gasteiger charge is 2.30. The minimum atomic E-state index is -0.957. The molecule has 7 nitrogen and oxygen atoms in total. The Labute approximate surface area is 207 Å². The van der Waals surface area contributed by atoms with Gasteiger partial charge in [0.05, 0.1) is 6.42 Å². The first-order valence-electron chi connectivity index (χ1n) is 12.6. The highest BCUT2D eigenvalue weighted by Crippen LogP contribution is 2.44. The molecule has 0 bridgehead atoms. The Morgan fingerprint density at radius 3 is 2.03 bits per heavy atom. The van der Waals surface area contributed by atoms with Crippen molar-refractivity contribution in [3.63, 3.8) is 0 Å². The first-order valence-corrected chi connectivity index (χ1v) is 12.6. The monoisotopic (exact) mass is 480 g/mol. The molecular formula is C28H36N2O5. The summed E-state index contributed by atoms with van der Waals surface area (Å²) in [6.45, 7) is 4.19. The highest BCUT2D eigenvalue weighted by atomic mass is 16.5. The molecule has 3 N–H and O–H groups in total. The van der Waals surface area contributed by atoms with E-state index in [9.17, 15) is 19.5 Å². The summed E-state index contributed by atoms with van der Waals surface area (Å²) < 4.78 is 5.61. The fraction of sp³-hybridized carbons (Fsp3) is 0.464. The van der Waals surface area contributed by atoms with Crippen LogP contribution in [0.5, 0.6) is 0 Å². The van der Waals surface area contributed by atoms with Crippen LogP contribution in [-0.4, -0.2) is 41.8 Å². The third-order valence-electron chi connectivity index (χ3n) is 6.47. The Balaban J connectivity index is 1.63. The van der Waals surface area contributed by atoms with Crippen LogP contribution < -0.4 is 10.6 Å². The number of hydrogen-bond acceptors (Lipinski definition) is 4. The van der Waals surface area contributed by atoms with Gasteiger partial charge in [0.2, 0.25) is 5.91 Å². The second-order valence-corrected chi connectivity index (χ2v) is 9.11. The molecule has 2 aromatic carbocycles. The molecule has 0 fully saturated rings. The van der Waals surface area contributed by atoms with Crippen LogP contribution in [0.4, 0.5) is 4.79 Å². The normalized spacial score (nSPS) is 13.9. The number of carbonyl (C=O) groups excluding carboxylic acids is 2. The fourth-order valence-corrected chi connectivity index (χ4v) is 4.65. The molecular weight excluding hydrogens is 444 g/mol. The van der Waals surface area contributed by atoms with Gasteiger partial charge in [-0.2, -0.15) is 0 Å². The lowest BCUT2D eigenvalue weighted by Crippen LogP contribution is -2.50. The van der Waals surface area contributed by atoms with Crippen LogP contribution in [0.2, 0.25) is 0 Å². The van der Waals surface area contributed by atoms with E-state index in [4.69, 9.17) is 4.74 Å². The van der Waals surface area contributed by atoms with Gasteiger partial charge in [0.15, 0.2) is 0 Å². The average molecular weight is 481 g/mol. The Morgan fingerprint density at radius 2 is 1.46 bits per heavy atom. The van der Waals surface area contributed by atoms with Crippen LogP contribution in [-0.2, 0) is 14.3 Å².